The van der Waals surface area contributed by atoms with Crippen molar-refractivity contribution < 1.29 is 9.18 Å². The zero-order valence-electron chi connectivity index (χ0n) is 8.83. The van der Waals surface area contributed by atoms with Gasteiger partial charge < -0.3 is 5.73 Å². The van der Waals surface area contributed by atoms with Crippen LogP contribution in [0.15, 0.2) is 24.3 Å². The van der Waals surface area contributed by atoms with Crippen LogP contribution in [0.1, 0.15) is 25.5 Å². The minimum atomic E-state index is -0.638. The van der Waals surface area contributed by atoms with Crippen LogP contribution in [0.4, 0.5) is 4.39 Å². The molecule has 4 heteroatoms. The number of nitrogens with one attached hydrogen (secondary N) is 1. The first kappa shape index (κ1) is 11.7. The fourth-order valence-electron chi connectivity index (χ4n) is 1.36. The zero-order valence-corrected chi connectivity index (χ0v) is 8.83. The van der Waals surface area contributed by atoms with E-state index in [1.54, 1.807) is 12.1 Å². The molecule has 3 N–H and O–H groups in total. The Kier molecular flexibility index (Phi) is 3.80. The number of amides is 1. The van der Waals surface area contributed by atoms with Gasteiger partial charge in [-0.1, -0.05) is 12.1 Å². The van der Waals surface area contributed by atoms with Gasteiger partial charge in [0.2, 0.25) is 5.91 Å². The van der Waals surface area contributed by atoms with E-state index in [-0.39, 0.29) is 11.9 Å². The minimum absolute atomic E-state index is 0.103. The summed E-state index contributed by atoms with van der Waals surface area (Å²) in [7, 11) is 0. The van der Waals surface area contributed by atoms with Crippen LogP contribution in [0.5, 0.6) is 0 Å². The fourth-order valence-corrected chi connectivity index (χ4v) is 1.36. The third-order valence-corrected chi connectivity index (χ3v) is 1.97. The van der Waals surface area contributed by atoms with E-state index >= 15 is 0 Å². The number of hydrogen-bond donors (Lipinski definition) is 2. The van der Waals surface area contributed by atoms with Crippen LogP contribution in [0, 0.1) is 5.82 Å². The molecule has 1 aromatic rings. The van der Waals surface area contributed by atoms with Crippen LogP contribution in [-0.2, 0) is 4.79 Å². The van der Waals surface area contributed by atoms with Gasteiger partial charge in [-0.25, -0.2) is 4.39 Å². The van der Waals surface area contributed by atoms with E-state index in [0.717, 1.165) is 0 Å². The molecule has 0 bridgehead atoms. The van der Waals surface area contributed by atoms with Crippen molar-refractivity contribution in [2.75, 3.05) is 0 Å². The Hall–Kier alpha value is -1.42. The molecular weight excluding hydrogens is 195 g/mol. The molecule has 1 amide bonds. The number of rotatable bonds is 4. The molecule has 1 unspecified atom stereocenters. The molecule has 0 saturated carbocycles. The van der Waals surface area contributed by atoms with Crippen molar-refractivity contribution in [3.8, 4) is 0 Å². The van der Waals surface area contributed by atoms with Gasteiger partial charge in [0.05, 0.1) is 0 Å². The van der Waals surface area contributed by atoms with Crippen LogP contribution in [0.25, 0.3) is 0 Å². The maximum atomic E-state index is 12.9. The smallest absolute Gasteiger partial charge is 0.239 e. The summed E-state index contributed by atoms with van der Waals surface area (Å²) in [4.78, 5) is 11.2. The Balaban J connectivity index is 2.94. The zero-order chi connectivity index (χ0) is 11.4. The van der Waals surface area contributed by atoms with E-state index in [4.69, 9.17) is 5.73 Å². The van der Waals surface area contributed by atoms with Gasteiger partial charge in [0.25, 0.3) is 0 Å². The highest BCUT2D eigenvalue weighted by Crippen LogP contribution is 2.14. The molecule has 0 spiro atoms. The standard InChI is InChI=1S/C11H15FN2O/c1-7(2)14-10(11(13)15)8-4-3-5-9(12)6-8/h3-7,10,14H,1-2H3,(H2,13,15). The normalized spacial score (nSPS) is 12.8. The second-order valence-electron chi connectivity index (χ2n) is 3.71. The van der Waals surface area contributed by atoms with Crippen LogP contribution in [0.3, 0.4) is 0 Å². The summed E-state index contributed by atoms with van der Waals surface area (Å²) in [6, 6.07) is 5.34. The largest absolute Gasteiger partial charge is 0.368 e. The average molecular weight is 210 g/mol. The number of primary amides is 1. The maximum Gasteiger partial charge on any atom is 0.239 e. The molecule has 0 aromatic heterocycles. The molecule has 82 valence electrons. The van der Waals surface area contributed by atoms with Crippen molar-refractivity contribution in [3.63, 3.8) is 0 Å². The van der Waals surface area contributed by atoms with E-state index in [1.807, 2.05) is 13.8 Å². The van der Waals surface area contributed by atoms with Gasteiger partial charge in [-0.05, 0) is 31.5 Å². The van der Waals surface area contributed by atoms with Gasteiger partial charge in [-0.3, -0.25) is 10.1 Å². The van der Waals surface area contributed by atoms with Crippen LogP contribution >= 0.6 is 0 Å². The van der Waals surface area contributed by atoms with Crippen LogP contribution in [-0.4, -0.2) is 11.9 Å². The van der Waals surface area contributed by atoms with E-state index in [1.165, 1.54) is 12.1 Å². The van der Waals surface area contributed by atoms with E-state index in [0.29, 0.717) is 5.56 Å². The fraction of sp³-hybridized carbons (Fsp3) is 0.364. The van der Waals surface area contributed by atoms with Crippen molar-refractivity contribution in [2.24, 2.45) is 5.73 Å². The highest BCUT2D eigenvalue weighted by molar-refractivity contribution is 5.81. The SMILES string of the molecule is CC(C)NC(C(N)=O)c1cccc(F)c1. The summed E-state index contributed by atoms with van der Waals surface area (Å²) in [5.74, 6) is -0.876. The number of carbonyl (C=O) groups is 1. The first-order valence-electron chi connectivity index (χ1n) is 4.81. The summed E-state index contributed by atoms with van der Waals surface area (Å²) < 4.78 is 12.9. The summed E-state index contributed by atoms with van der Waals surface area (Å²) in [5.41, 5.74) is 5.80. The van der Waals surface area contributed by atoms with Crippen LogP contribution < -0.4 is 11.1 Å². The third kappa shape index (κ3) is 3.32. The van der Waals surface area contributed by atoms with Gasteiger partial charge in [0, 0.05) is 6.04 Å². The molecule has 0 aliphatic rings. The Morgan fingerprint density at radius 2 is 2.13 bits per heavy atom. The van der Waals surface area contributed by atoms with Gasteiger partial charge in [-0.15, -0.1) is 0 Å². The molecule has 0 aliphatic carbocycles. The summed E-state index contributed by atoms with van der Waals surface area (Å²) >= 11 is 0. The molecule has 0 saturated heterocycles. The predicted octanol–water partition coefficient (Wildman–Crippen LogP) is 1.35. The quantitative estimate of drug-likeness (QED) is 0.788. The molecule has 1 aromatic carbocycles. The highest BCUT2D eigenvalue weighted by atomic mass is 19.1. The van der Waals surface area contributed by atoms with Crippen molar-refractivity contribution >= 4 is 5.91 Å². The Morgan fingerprint density at radius 3 is 2.60 bits per heavy atom. The molecule has 0 heterocycles. The number of nitrogens with two attached hydrogens (primary N) is 1. The Morgan fingerprint density at radius 1 is 1.47 bits per heavy atom. The maximum absolute atomic E-state index is 12.9. The average Bonchev–Trinajstić information content (AvgIpc) is 2.13. The minimum Gasteiger partial charge on any atom is -0.368 e. The topological polar surface area (TPSA) is 55.1 Å². The van der Waals surface area contributed by atoms with Gasteiger partial charge in [0.1, 0.15) is 11.9 Å². The second-order valence-corrected chi connectivity index (χ2v) is 3.71. The number of hydrogen-bond acceptors (Lipinski definition) is 2. The van der Waals surface area contributed by atoms with Gasteiger partial charge in [0.15, 0.2) is 0 Å². The van der Waals surface area contributed by atoms with Crippen molar-refractivity contribution in [3.05, 3.63) is 35.6 Å². The van der Waals surface area contributed by atoms with E-state index < -0.39 is 11.9 Å². The first-order valence-corrected chi connectivity index (χ1v) is 4.81. The summed E-state index contributed by atoms with van der Waals surface area (Å²) in [5, 5.41) is 2.98. The lowest BCUT2D eigenvalue weighted by Gasteiger charge is -2.18. The molecule has 1 atom stereocenters. The van der Waals surface area contributed by atoms with Gasteiger partial charge in [-0.2, -0.15) is 0 Å². The van der Waals surface area contributed by atoms with Gasteiger partial charge >= 0.3 is 0 Å². The molecule has 0 aliphatic heterocycles. The predicted molar refractivity (Wildman–Crippen MR) is 56.6 cm³/mol. The molecule has 0 fully saturated rings. The molecular formula is C11H15FN2O. The summed E-state index contributed by atoms with van der Waals surface area (Å²) in [6.45, 7) is 3.80. The second kappa shape index (κ2) is 4.89. The Labute approximate surface area is 88.5 Å². The summed E-state index contributed by atoms with van der Waals surface area (Å²) in [6.07, 6.45) is 0. The van der Waals surface area contributed by atoms with Crippen molar-refractivity contribution in [1.82, 2.24) is 5.32 Å². The van der Waals surface area contributed by atoms with E-state index in [2.05, 4.69) is 5.32 Å². The molecule has 1 rings (SSSR count). The van der Waals surface area contributed by atoms with Crippen molar-refractivity contribution in [2.45, 2.75) is 25.9 Å². The van der Waals surface area contributed by atoms with Crippen molar-refractivity contribution in [1.29, 1.82) is 0 Å². The first-order chi connectivity index (χ1) is 7.00. The molecule has 15 heavy (non-hydrogen) atoms. The lowest BCUT2D eigenvalue weighted by atomic mass is 10.1. The number of halogens is 1. The third-order valence-electron chi connectivity index (χ3n) is 1.97. The lowest BCUT2D eigenvalue weighted by Crippen LogP contribution is -2.37. The number of carbonyl (C=O) groups excluding carboxylic acids is 1. The Bertz CT molecular complexity index is 352. The highest BCUT2D eigenvalue weighted by Gasteiger charge is 2.18. The van der Waals surface area contributed by atoms with E-state index in [9.17, 15) is 9.18 Å². The molecule has 3 nitrogen and oxygen atoms in total. The molecule has 0 radical (unpaired) electrons. The monoisotopic (exact) mass is 210 g/mol. The van der Waals surface area contributed by atoms with Crippen LogP contribution in [0.2, 0.25) is 0 Å². The lowest BCUT2D eigenvalue weighted by molar-refractivity contribution is -0.120. The number of benzene rings is 1.